The number of carbonyl (C=O) groups excluding carboxylic acids is 1. The fraction of sp³-hybridized carbons (Fsp3) is 0.533. The van der Waals surface area contributed by atoms with Crippen LogP contribution in [0.2, 0.25) is 0 Å². The molecule has 0 atom stereocenters. The lowest BCUT2D eigenvalue weighted by atomic mass is 10.0. The predicted octanol–water partition coefficient (Wildman–Crippen LogP) is 1.39. The van der Waals surface area contributed by atoms with Gasteiger partial charge in [-0.1, -0.05) is 12.1 Å². The maximum absolute atomic E-state index is 11.1. The summed E-state index contributed by atoms with van der Waals surface area (Å²) in [6.45, 7) is 2.38. The molecule has 1 aromatic rings. The van der Waals surface area contributed by atoms with E-state index in [9.17, 15) is 4.79 Å². The third-order valence-corrected chi connectivity index (χ3v) is 3.85. The van der Waals surface area contributed by atoms with Crippen molar-refractivity contribution in [3.8, 4) is 0 Å². The number of nitrogens with two attached hydrogens (primary N) is 1. The highest BCUT2D eigenvalue weighted by Gasteiger charge is 2.20. The molecule has 2 amide bonds. The molecule has 5 heteroatoms. The topological polar surface area (TPSA) is 61.6 Å². The highest BCUT2D eigenvalue weighted by molar-refractivity contribution is 5.72. The summed E-state index contributed by atoms with van der Waals surface area (Å²) >= 11 is 0. The van der Waals surface area contributed by atoms with Gasteiger partial charge in [-0.05, 0) is 30.5 Å². The minimum atomic E-state index is -0.303. The van der Waals surface area contributed by atoms with Crippen LogP contribution in [0, 0.1) is 0 Å². The third-order valence-electron chi connectivity index (χ3n) is 3.85. The number of hydrogen-bond donors (Lipinski definition) is 2. The number of nitrogens with one attached hydrogen (secondary N) is 1. The van der Waals surface area contributed by atoms with Gasteiger partial charge in [-0.2, -0.15) is 0 Å². The molecule has 20 heavy (non-hydrogen) atoms. The van der Waals surface area contributed by atoms with E-state index in [0.717, 1.165) is 32.5 Å². The average Bonchev–Trinajstić information content (AvgIpc) is 2.46. The molecule has 3 N–H and O–H groups in total. The van der Waals surface area contributed by atoms with Crippen LogP contribution in [0.25, 0.3) is 0 Å². The third kappa shape index (κ3) is 3.87. The molecule has 1 aliphatic rings. The van der Waals surface area contributed by atoms with Gasteiger partial charge in [-0.15, -0.1) is 0 Å². The van der Waals surface area contributed by atoms with Gasteiger partial charge in [-0.25, -0.2) is 4.79 Å². The number of nitrogens with zero attached hydrogens (tertiary/aromatic N) is 2. The number of urea groups is 1. The van der Waals surface area contributed by atoms with Gasteiger partial charge in [0.25, 0.3) is 0 Å². The van der Waals surface area contributed by atoms with Gasteiger partial charge in [0, 0.05) is 45.5 Å². The lowest BCUT2D eigenvalue weighted by Gasteiger charge is -2.31. The molecule has 110 valence electrons. The summed E-state index contributed by atoms with van der Waals surface area (Å²) in [5, 5.41) is 3.55. The number of benzene rings is 1. The number of piperidine rings is 1. The lowest BCUT2D eigenvalue weighted by molar-refractivity contribution is 0.185. The van der Waals surface area contributed by atoms with Crippen molar-refractivity contribution in [3.63, 3.8) is 0 Å². The van der Waals surface area contributed by atoms with Gasteiger partial charge in [0.1, 0.15) is 0 Å². The quantitative estimate of drug-likeness (QED) is 0.873. The molecular formula is C15H24N4O. The molecule has 1 aliphatic heterocycles. The number of carbonyl (C=O) groups is 1. The summed E-state index contributed by atoms with van der Waals surface area (Å²) < 4.78 is 0. The summed E-state index contributed by atoms with van der Waals surface area (Å²) in [6.07, 6.45) is 1.94. The zero-order valence-electron chi connectivity index (χ0n) is 12.3. The molecule has 1 heterocycles. The largest absolute Gasteiger partial charge is 0.378 e. The Morgan fingerprint density at radius 3 is 2.40 bits per heavy atom. The molecule has 0 bridgehead atoms. The summed E-state index contributed by atoms with van der Waals surface area (Å²) in [6, 6.07) is 8.74. The second kappa shape index (κ2) is 6.61. The van der Waals surface area contributed by atoms with Crippen LogP contribution in [0.5, 0.6) is 0 Å². The van der Waals surface area contributed by atoms with Gasteiger partial charge in [0.2, 0.25) is 0 Å². The Labute approximate surface area is 120 Å². The average molecular weight is 276 g/mol. The molecule has 0 aromatic heterocycles. The van der Waals surface area contributed by atoms with E-state index in [1.54, 1.807) is 4.90 Å². The van der Waals surface area contributed by atoms with E-state index in [1.807, 2.05) is 14.1 Å². The molecule has 1 fully saturated rings. The molecular weight excluding hydrogens is 252 g/mol. The minimum Gasteiger partial charge on any atom is -0.378 e. The number of anilines is 1. The molecule has 1 saturated heterocycles. The van der Waals surface area contributed by atoms with Gasteiger partial charge < -0.3 is 20.9 Å². The lowest BCUT2D eigenvalue weighted by Crippen LogP contribution is -2.46. The van der Waals surface area contributed by atoms with E-state index in [0.29, 0.717) is 6.04 Å². The molecule has 0 spiro atoms. The Balaban J connectivity index is 1.77. The first-order valence-electron chi connectivity index (χ1n) is 7.10. The van der Waals surface area contributed by atoms with E-state index in [2.05, 4.69) is 34.5 Å². The van der Waals surface area contributed by atoms with Crippen LogP contribution in [0.4, 0.5) is 10.5 Å². The number of rotatable bonds is 4. The van der Waals surface area contributed by atoms with Gasteiger partial charge in [0.05, 0.1) is 0 Å². The Morgan fingerprint density at radius 2 is 1.90 bits per heavy atom. The number of hydrogen-bond acceptors (Lipinski definition) is 3. The zero-order chi connectivity index (χ0) is 14.5. The summed E-state index contributed by atoms with van der Waals surface area (Å²) in [7, 11) is 4.08. The number of likely N-dealkylation sites (tertiary alicyclic amines) is 1. The first kappa shape index (κ1) is 14.7. The van der Waals surface area contributed by atoms with Gasteiger partial charge in [-0.3, -0.25) is 0 Å². The fourth-order valence-electron chi connectivity index (χ4n) is 2.48. The highest BCUT2D eigenvalue weighted by Crippen LogP contribution is 2.14. The monoisotopic (exact) mass is 276 g/mol. The van der Waals surface area contributed by atoms with E-state index in [4.69, 9.17) is 5.73 Å². The van der Waals surface area contributed by atoms with E-state index < -0.39 is 0 Å². The van der Waals surface area contributed by atoms with Crippen molar-refractivity contribution in [2.24, 2.45) is 5.73 Å². The fourth-order valence-corrected chi connectivity index (χ4v) is 2.48. The van der Waals surface area contributed by atoms with Crippen molar-refractivity contribution >= 4 is 11.7 Å². The molecule has 1 aromatic carbocycles. The van der Waals surface area contributed by atoms with Crippen LogP contribution in [-0.4, -0.2) is 44.2 Å². The van der Waals surface area contributed by atoms with Crippen molar-refractivity contribution < 1.29 is 4.79 Å². The second-order valence-electron chi connectivity index (χ2n) is 5.54. The van der Waals surface area contributed by atoms with E-state index in [-0.39, 0.29) is 6.03 Å². The highest BCUT2D eigenvalue weighted by atomic mass is 16.2. The normalized spacial score (nSPS) is 16.2. The van der Waals surface area contributed by atoms with Crippen LogP contribution < -0.4 is 16.0 Å². The second-order valence-corrected chi connectivity index (χ2v) is 5.54. The molecule has 2 rings (SSSR count). The molecule has 5 nitrogen and oxygen atoms in total. The van der Waals surface area contributed by atoms with Crippen molar-refractivity contribution in [3.05, 3.63) is 29.8 Å². The van der Waals surface area contributed by atoms with Crippen LogP contribution >= 0.6 is 0 Å². The van der Waals surface area contributed by atoms with E-state index in [1.165, 1.54) is 11.3 Å². The number of primary amides is 1. The summed E-state index contributed by atoms with van der Waals surface area (Å²) in [5.74, 6) is 0. The van der Waals surface area contributed by atoms with Crippen LogP contribution in [-0.2, 0) is 6.54 Å². The maximum atomic E-state index is 11.1. The molecule has 0 aliphatic carbocycles. The Morgan fingerprint density at radius 1 is 1.30 bits per heavy atom. The van der Waals surface area contributed by atoms with Crippen LogP contribution in [0.15, 0.2) is 24.3 Å². The van der Waals surface area contributed by atoms with Crippen LogP contribution in [0.3, 0.4) is 0 Å². The predicted molar refractivity (Wildman–Crippen MR) is 81.8 cm³/mol. The van der Waals surface area contributed by atoms with E-state index >= 15 is 0 Å². The Bertz CT molecular complexity index is 436. The molecule has 0 saturated carbocycles. The Kier molecular flexibility index (Phi) is 4.84. The summed E-state index contributed by atoms with van der Waals surface area (Å²) in [4.78, 5) is 14.9. The standard InChI is InChI=1S/C15H24N4O/c1-18(2)14-5-3-12(4-6-14)11-17-13-7-9-19(10-8-13)15(16)20/h3-6,13,17H,7-11H2,1-2H3,(H2,16,20). The first-order valence-corrected chi connectivity index (χ1v) is 7.10. The van der Waals surface area contributed by atoms with Crippen molar-refractivity contribution in [1.82, 2.24) is 10.2 Å². The van der Waals surface area contributed by atoms with Crippen molar-refractivity contribution in [2.45, 2.75) is 25.4 Å². The zero-order valence-corrected chi connectivity index (χ0v) is 12.3. The molecule has 0 unspecified atom stereocenters. The minimum absolute atomic E-state index is 0.303. The van der Waals surface area contributed by atoms with Gasteiger partial charge in [0.15, 0.2) is 0 Å². The van der Waals surface area contributed by atoms with Gasteiger partial charge >= 0.3 is 6.03 Å². The Hall–Kier alpha value is -1.75. The molecule has 0 radical (unpaired) electrons. The van der Waals surface area contributed by atoms with Crippen molar-refractivity contribution in [1.29, 1.82) is 0 Å². The first-order chi connectivity index (χ1) is 9.56. The smallest absolute Gasteiger partial charge is 0.314 e. The number of amides is 2. The maximum Gasteiger partial charge on any atom is 0.314 e. The summed E-state index contributed by atoms with van der Waals surface area (Å²) in [5.41, 5.74) is 7.78. The SMILES string of the molecule is CN(C)c1ccc(CNC2CCN(C(N)=O)CC2)cc1. The van der Waals surface area contributed by atoms with Crippen LogP contribution in [0.1, 0.15) is 18.4 Å². The van der Waals surface area contributed by atoms with Crippen molar-refractivity contribution in [2.75, 3.05) is 32.1 Å².